The van der Waals surface area contributed by atoms with E-state index in [1.165, 1.54) is 48.2 Å². The van der Waals surface area contributed by atoms with Crippen molar-refractivity contribution in [3.63, 3.8) is 0 Å². The van der Waals surface area contributed by atoms with Crippen molar-refractivity contribution in [2.45, 2.75) is 39.7 Å². The van der Waals surface area contributed by atoms with E-state index in [9.17, 15) is 9.18 Å². The van der Waals surface area contributed by atoms with Gasteiger partial charge in [-0.3, -0.25) is 9.69 Å². The summed E-state index contributed by atoms with van der Waals surface area (Å²) in [6.07, 6.45) is 7.31. The number of anilines is 1. The van der Waals surface area contributed by atoms with Crippen LogP contribution in [-0.2, 0) is 13.0 Å². The number of nitrogens with one attached hydrogen (secondary N) is 3. The van der Waals surface area contributed by atoms with Crippen LogP contribution in [0.15, 0.2) is 60.9 Å². The first-order valence-corrected chi connectivity index (χ1v) is 11.6. The van der Waals surface area contributed by atoms with E-state index < -0.39 is 0 Å². The summed E-state index contributed by atoms with van der Waals surface area (Å²) < 4.78 is 13.2. The highest BCUT2D eigenvalue weighted by atomic mass is 19.1. The van der Waals surface area contributed by atoms with Crippen LogP contribution < -0.4 is 5.32 Å². The maximum Gasteiger partial charge on any atom is 0.255 e. The molecule has 0 saturated heterocycles. The number of aromatic nitrogens is 2. The number of unbranched alkanes of at least 4 members (excludes halogenated alkanes) is 1. The highest BCUT2D eigenvalue weighted by molar-refractivity contribution is 6.05. The van der Waals surface area contributed by atoms with E-state index in [2.05, 4.69) is 46.3 Å². The van der Waals surface area contributed by atoms with Crippen LogP contribution in [0, 0.1) is 12.7 Å². The molecule has 6 heteroatoms. The molecule has 2 aromatic heterocycles. The average molecular weight is 447 g/mol. The lowest BCUT2D eigenvalue weighted by Gasteiger charge is -2.21. The molecule has 0 saturated carbocycles. The van der Waals surface area contributed by atoms with Crippen molar-refractivity contribution in [1.29, 1.82) is 0 Å². The van der Waals surface area contributed by atoms with E-state index in [0.29, 0.717) is 5.56 Å². The third kappa shape index (κ3) is 5.71. The van der Waals surface area contributed by atoms with Crippen molar-refractivity contribution in [3.05, 3.63) is 89.1 Å². The second-order valence-corrected chi connectivity index (χ2v) is 8.55. The number of hydrogen-bond donors (Lipinski definition) is 3. The number of aryl methyl sites for hydroxylation is 1. The Morgan fingerprint density at radius 1 is 1.09 bits per heavy atom. The zero-order chi connectivity index (χ0) is 23.2. The Labute approximate surface area is 194 Å². The van der Waals surface area contributed by atoms with E-state index >= 15 is 0 Å². The molecule has 172 valence electrons. The molecule has 4 aromatic rings. The number of nitrogens with zero attached hydrogens (tertiary/aromatic N) is 1. The summed E-state index contributed by atoms with van der Waals surface area (Å²) in [7, 11) is 0. The molecule has 0 aliphatic carbocycles. The summed E-state index contributed by atoms with van der Waals surface area (Å²) in [6, 6.07) is 13.6. The molecule has 0 radical (unpaired) electrons. The van der Waals surface area contributed by atoms with Gasteiger partial charge in [0.15, 0.2) is 0 Å². The van der Waals surface area contributed by atoms with Crippen molar-refractivity contribution in [2.75, 3.05) is 18.4 Å². The van der Waals surface area contributed by atoms with Crippen LogP contribution >= 0.6 is 0 Å². The molecular weight excluding hydrogens is 415 g/mol. The van der Waals surface area contributed by atoms with Crippen LogP contribution in [0.4, 0.5) is 10.1 Å². The molecule has 0 aliphatic heterocycles. The Kier molecular flexibility index (Phi) is 7.25. The summed E-state index contributed by atoms with van der Waals surface area (Å²) in [6.45, 7) is 7.30. The predicted molar refractivity (Wildman–Crippen MR) is 132 cm³/mol. The molecular formula is C27H31FN4O. The van der Waals surface area contributed by atoms with Crippen LogP contribution in [0.3, 0.4) is 0 Å². The SMILES string of the molecule is CCCCN(CCc1c(C)[nH]c2ccc(NC(=O)c3ccc(F)cc3)cc12)Cc1cc[nH]c1. The van der Waals surface area contributed by atoms with Gasteiger partial charge in [0, 0.05) is 53.3 Å². The molecule has 33 heavy (non-hydrogen) atoms. The summed E-state index contributed by atoms with van der Waals surface area (Å²) >= 11 is 0. The zero-order valence-corrected chi connectivity index (χ0v) is 19.2. The van der Waals surface area contributed by atoms with E-state index in [4.69, 9.17) is 0 Å². The molecule has 0 unspecified atom stereocenters. The monoisotopic (exact) mass is 446 g/mol. The molecule has 3 N–H and O–H groups in total. The summed E-state index contributed by atoms with van der Waals surface area (Å²) in [4.78, 5) is 21.7. The van der Waals surface area contributed by atoms with Gasteiger partial charge in [0.2, 0.25) is 0 Å². The first-order chi connectivity index (χ1) is 16.0. The molecule has 2 heterocycles. The minimum Gasteiger partial charge on any atom is -0.367 e. The summed E-state index contributed by atoms with van der Waals surface area (Å²) in [5.74, 6) is -0.606. The van der Waals surface area contributed by atoms with Gasteiger partial charge >= 0.3 is 0 Å². The molecule has 5 nitrogen and oxygen atoms in total. The second-order valence-electron chi connectivity index (χ2n) is 8.55. The van der Waals surface area contributed by atoms with Crippen LogP contribution in [0.2, 0.25) is 0 Å². The Bertz CT molecular complexity index is 1200. The molecule has 0 atom stereocenters. The maximum atomic E-state index is 13.2. The fraction of sp³-hybridized carbons (Fsp3) is 0.296. The Balaban J connectivity index is 1.50. The van der Waals surface area contributed by atoms with Gasteiger partial charge in [-0.1, -0.05) is 13.3 Å². The quantitative estimate of drug-likeness (QED) is 0.278. The van der Waals surface area contributed by atoms with Crippen molar-refractivity contribution >= 4 is 22.5 Å². The number of benzene rings is 2. The molecule has 0 aliphatic rings. The number of aromatic amines is 2. The Hall–Kier alpha value is -3.38. The van der Waals surface area contributed by atoms with Gasteiger partial charge in [0.25, 0.3) is 5.91 Å². The molecule has 0 bridgehead atoms. The Morgan fingerprint density at radius 2 is 1.91 bits per heavy atom. The van der Waals surface area contributed by atoms with Crippen LogP contribution in [0.5, 0.6) is 0 Å². The standard InChI is InChI=1S/C27H31FN4O/c1-3-4-14-32(18-20-11-13-29-17-20)15-12-24-19(2)30-26-10-9-23(16-25(24)26)31-27(33)21-5-7-22(28)8-6-21/h5-11,13,16-17,29-30H,3-4,12,14-15,18H2,1-2H3,(H,31,33). The molecule has 1 amide bonds. The lowest BCUT2D eigenvalue weighted by atomic mass is 10.1. The van der Waals surface area contributed by atoms with E-state index in [0.717, 1.165) is 48.3 Å². The van der Waals surface area contributed by atoms with Gasteiger partial charge < -0.3 is 15.3 Å². The molecule has 2 aromatic carbocycles. The van der Waals surface area contributed by atoms with Gasteiger partial charge in [-0.25, -0.2) is 4.39 Å². The third-order valence-corrected chi connectivity index (χ3v) is 6.06. The smallest absolute Gasteiger partial charge is 0.255 e. The summed E-state index contributed by atoms with van der Waals surface area (Å²) in [5, 5.41) is 4.07. The number of H-pyrrole nitrogens is 2. The van der Waals surface area contributed by atoms with Crippen LogP contribution in [-0.4, -0.2) is 33.9 Å². The minimum atomic E-state index is -0.357. The number of carbonyl (C=O) groups excluding carboxylic acids is 1. The van der Waals surface area contributed by atoms with Crippen LogP contribution in [0.1, 0.15) is 46.9 Å². The fourth-order valence-corrected chi connectivity index (χ4v) is 4.22. The van der Waals surface area contributed by atoms with Crippen molar-refractivity contribution < 1.29 is 9.18 Å². The molecule has 0 spiro atoms. The van der Waals surface area contributed by atoms with Crippen molar-refractivity contribution in [3.8, 4) is 0 Å². The molecule has 4 rings (SSSR count). The highest BCUT2D eigenvalue weighted by Crippen LogP contribution is 2.26. The lowest BCUT2D eigenvalue weighted by Crippen LogP contribution is -2.26. The second kappa shape index (κ2) is 10.5. The number of rotatable bonds is 10. The normalized spacial score (nSPS) is 11.4. The summed E-state index contributed by atoms with van der Waals surface area (Å²) in [5.41, 5.74) is 5.95. The average Bonchev–Trinajstić information content (AvgIpc) is 3.43. The topological polar surface area (TPSA) is 63.9 Å². The number of halogens is 1. The number of carbonyl (C=O) groups is 1. The van der Waals surface area contributed by atoms with Gasteiger partial charge in [-0.15, -0.1) is 0 Å². The number of amides is 1. The maximum absolute atomic E-state index is 13.2. The van der Waals surface area contributed by atoms with Gasteiger partial charge in [-0.2, -0.15) is 0 Å². The van der Waals surface area contributed by atoms with E-state index in [1.807, 2.05) is 24.4 Å². The first-order valence-electron chi connectivity index (χ1n) is 11.6. The van der Waals surface area contributed by atoms with Gasteiger partial charge in [0.1, 0.15) is 5.82 Å². The largest absolute Gasteiger partial charge is 0.367 e. The van der Waals surface area contributed by atoms with E-state index in [1.54, 1.807) is 0 Å². The Morgan fingerprint density at radius 3 is 2.64 bits per heavy atom. The first kappa shape index (κ1) is 22.8. The number of hydrogen-bond acceptors (Lipinski definition) is 2. The predicted octanol–water partition coefficient (Wildman–Crippen LogP) is 6.04. The van der Waals surface area contributed by atoms with Crippen molar-refractivity contribution in [2.24, 2.45) is 0 Å². The van der Waals surface area contributed by atoms with Gasteiger partial charge in [-0.05, 0) is 86.0 Å². The third-order valence-electron chi connectivity index (χ3n) is 6.06. The number of fused-ring (bicyclic) bond motifs is 1. The van der Waals surface area contributed by atoms with Gasteiger partial charge in [0.05, 0.1) is 0 Å². The van der Waals surface area contributed by atoms with E-state index in [-0.39, 0.29) is 11.7 Å². The van der Waals surface area contributed by atoms with Crippen molar-refractivity contribution in [1.82, 2.24) is 14.9 Å². The van der Waals surface area contributed by atoms with Crippen LogP contribution in [0.25, 0.3) is 10.9 Å². The zero-order valence-electron chi connectivity index (χ0n) is 19.2. The fourth-order valence-electron chi connectivity index (χ4n) is 4.22. The minimum absolute atomic E-state index is 0.250. The lowest BCUT2D eigenvalue weighted by molar-refractivity contribution is 0.102. The highest BCUT2D eigenvalue weighted by Gasteiger charge is 2.14. The molecule has 0 fully saturated rings.